The minimum atomic E-state index is 0.964. The van der Waals surface area contributed by atoms with E-state index in [9.17, 15) is 0 Å². The fourth-order valence-corrected chi connectivity index (χ4v) is 2.56. The molecule has 0 bridgehead atoms. The Morgan fingerprint density at radius 3 is 2.79 bits per heavy atom. The highest BCUT2D eigenvalue weighted by atomic mass is 32.1. The Morgan fingerprint density at radius 1 is 1.50 bits per heavy atom. The maximum atomic E-state index is 5.93. The molecule has 1 fully saturated rings. The van der Waals surface area contributed by atoms with Gasteiger partial charge in [0.05, 0.1) is 0 Å². The predicted octanol–water partition coefficient (Wildman–Crippen LogP) is 1.04. The third-order valence-corrected chi connectivity index (χ3v) is 3.70. The molecule has 1 aromatic rings. The number of thiophene rings is 1. The van der Waals surface area contributed by atoms with Crippen LogP contribution in [0.5, 0.6) is 0 Å². The summed E-state index contributed by atoms with van der Waals surface area (Å²) in [6.07, 6.45) is 0. The van der Waals surface area contributed by atoms with Gasteiger partial charge in [-0.25, -0.2) is 0 Å². The van der Waals surface area contributed by atoms with Crippen molar-refractivity contribution in [1.29, 1.82) is 0 Å². The number of hydrogen-bond acceptors (Lipinski definition) is 4. The quantitative estimate of drug-likeness (QED) is 0.768. The van der Waals surface area contributed by atoms with Crippen LogP contribution in [0.15, 0.2) is 5.38 Å². The molecule has 4 heteroatoms. The van der Waals surface area contributed by atoms with Crippen molar-refractivity contribution in [1.82, 2.24) is 10.2 Å². The van der Waals surface area contributed by atoms with E-state index < -0.39 is 0 Å². The van der Waals surface area contributed by atoms with E-state index in [2.05, 4.69) is 17.1 Å². The van der Waals surface area contributed by atoms with E-state index in [1.165, 1.54) is 10.4 Å². The van der Waals surface area contributed by atoms with Crippen molar-refractivity contribution in [2.45, 2.75) is 13.5 Å². The topological polar surface area (TPSA) is 41.3 Å². The zero-order valence-corrected chi connectivity index (χ0v) is 9.36. The molecular formula is C10H17N3S. The molecule has 0 atom stereocenters. The van der Waals surface area contributed by atoms with Crippen molar-refractivity contribution >= 4 is 17.0 Å². The van der Waals surface area contributed by atoms with E-state index in [1.54, 1.807) is 11.3 Å². The Kier molecular flexibility index (Phi) is 3.05. The second kappa shape index (κ2) is 4.29. The molecule has 1 aliphatic heterocycles. The second-order valence-electron chi connectivity index (χ2n) is 3.75. The van der Waals surface area contributed by atoms with Crippen LogP contribution < -0.4 is 11.1 Å². The Hall–Kier alpha value is -0.580. The third-order valence-electron chi connectivity index (χ3n) is 2.73. The van der Waals surface area contributed by atoms with Crippen molar-refractivity contribution in [3.63, 3.8) is 0 Å². The molecule has 0 unspecified atom stereocenters. The van der Waals surface area contributed by atoms with E-state index in [1.807, 2.05) is 5.38 Å². The first-order valence-corrected chi connectivity index (χ1v) is 5.91. The van der Waals surface area contributed by atoms with E-state index in [-0.39, 0.29) is 0 Å². The summed E-state index contributed by atoms with van der Waals surface area (Å²) >= 11 is 1.75. The summed E-state index contributed by atoms with van der Waals surface area (Å²) in [4.78, 5) is 3.82. The van der Waals surface area contributed by atoms with Crippen LogP contribution in [0.3, 0.4) is 0 Å². The smallest absolute Gasteiger partial charge is 0.0471 e. The van der Waals surface area contributed by atoms with Crippen LogP contribution in [0.25, 0.3) is 0 Å². The highest BCUT2D eigenvalue weighted by Gasteiger charge is 2.13. The maximum Gasteiger partial charge on any atom is 0.0471 e. The summed E-state index contributed by atoms with van der Waals surface area (Å²) in [7, 11) is 0. The summed E-state index contributed by atoms with van der Waals surface area (Å²) in [6, 6.07) is 0. The normalized spacial score (nSPS) is 18.6. The average Bonchev–Trinajstić information content (AvgIpc) is 2.51. The fourth-order valence-electron chi connectivity index (χ4n) is 1.79. The van der Waals surface area contributed by atoms with Gasteiger partial charge in [-0.3, -0.25) is 4.90 Å². The Morgan fingerprint density at radius 2 is 2.21 bits per heavy atom. The molecule has 0 radical (unpaired) electrons. The van der Waals surface area contributed by atoms with Crippen LogP contribution in [0, 0.1) is 6.92 Å². The highest BCUT2D eigenvalue weighted by molar-refractivity contribution is 7.10. The van der Waals surface area contributed by atoms with Gasteiger partial charge in [0.1, 0.15) is 0 Å². The van der Waals surface area contributed by atoms with E-state index in [4.69, 9.17) is 5.73 Å². The number of rotatable bonds is 2. The van der Waals surface area contributed by atoms with E-state index in [0.717, 1.165) is 38.4 Å². The summed E-state index contributed by atoms with van der Waals surface area (Å²) in [5.41, 5.74) is 8.22. The first kappa shape index (κ1) is 9.96. The molecule has 0 aliphatic carbocycles. The molecule has 1 aliphatic rings. The molecule has 3 N–H and O–H groups in total. The first-order chi connectivity index (χ1) is 6.77. The number of nitrogens with zero attached hydrogens (tertiary/aromatic N) is 1. The maximum absolute atomic E-state index is 5.93. The van der Waals surface area contributed by atoms with Gasteiger partial charge in [-0.1, -0.05) is 0 Å². The van der Waals surface area contributed by atoms with Gasteiger partial charge >= 0.3 is 0 Å². The molecule has 0 saturated carbocycles. The number of anilines is 1. The number of nitrogen functional groups attached to an aromatic ring is 1. The lowest BCUT2D eigenvalue weighted by Crippen LogP contribution is -2.43. The Bertz CT molecular complexity index is 283. The summed E-state index contributed by atoms with van der Waals surface area (Å²) in [5, 5.41) is 5.40. The standard InChI is InChI=1S/C10H17N3S/c1-8-9(10(11)7-14-8)6-13-4-2-12-3-5-13/h7,12H,2-6,11H2,1H3. The van der Waals surface area contributed by atoms with Crippen molar-refractivity contribution in [2.24, 2.45) is 0 Å². The number of piperazine rings is 1. The second-order valence-corrected chi connectivity index (χ2v) is 4.84. The van der Waals surface area contributed by atoms with Crippen LogP contribution in [0.2, 0.25) is 0 Å². The van der Waals surface area contributed by atoms with Crippen molar-refractivity contribution in [2.75, 3.05) is 31.9 Å². The number of hydrogen-bond donors (Lipinski definition) is 2. The molecule has 2 heterocycles. The molecule has 2 rings (SSSR count). The minimum absolute atomic E-state index is 0.964. The molecule has 0 spiro atoms. The summed E-state index contributed by atoms with van der Waals surface area (Å²) in [5.74, 6) is 0. The molecule has 78 valence electrons. The van der Waals surface area contributed by atoms with Crippen LogP contribution >= 0.6 is 11.3 Å². The lowest BCUT2D eigenvalue weighted by molar-refractivity contribution is 0.233. The Labute approximate surface area is 88.9 Å². The van der Waals surface area contributed by atoms with E-state index >= 15 is 0 Å². The molecule has 0 aromatic carbocycles. The monoisotopic (exact) mass is 211 g/mol. The van der Waals surface area contributed by atoms with Crippen molar-refractivity contribution < 1.29 is 0 Å². The Balaban J connectivity index is 2.02. The van der Waals surface area contributed by atoms with Crippen LogP contribution in [-0.4, -0.2) is 31.1 Å². The molecule has 0 amide bonds. The largest absolute Gasteiger partial charge is 0.398 e. The van der Waals surface area contributed by atoms with Gasteiger partial charge in [0.15, 0.2) is 0 Å². The molecular weight excluding hydrogens is 194 g/mol. The summed E-state index contributed by atoms with van der Waals surface area (Å²) in [6.45, 7) is 7.64. The molecule has 1 aromatic heterocycles. The van der Waals surface area contributed by atoms with Gasteiger partial charge in [0.2, 0.25) is 0 Å². The van der Waals surface area contributed by atoms with Gasteiger partial charge in [0.25, 0.3) is 0 Å². The lowest BCUT2D eigenvalue weighted by atomic mass is 10.2. The van der Waals surface area contributed by atoms with Crippen LogP contribution in [0.1, 0.15) is 10.4 Å². The first-order valence-electron chi connectivity index (χ1n) is 5.03. The number of nitrogens with two attached hydrogens (primary N) is 1. The van der Waals surface area contributed by atoms with Crippen LogP contribution in [-0.2, 0) is 6.54 Å². The molecule has 3 nitrogen and oxygen atoms in total. The predicted molar refractivity (Wildman–Crippen MR) is 61.6 cm³/mol. The minimum Gasteiger partial charge on any atom is -0.398 e. The lowest BCUT2D eigenvalue weighted by Gasteiger charge is -2.27. The fraction of sp³-hybridized carbons (Fsp3) is 0.600. The van der Waals surface area contributed by atoms with Crippen LogP contribution in [0.4, 0.5) is 5.69 Å². The molecule has 14 heavy (non-hydrogen) atoms. The van der Waals surface area contributed by atoms with Gasteiger partial charge in [-0.2, -0.15) is 0 Å². The van der Waals surface area contributed by atoms with Gasteiger partial charge in [-0.05, 0) is 6.92 Å². The van der Waals surface area contributed by atoms with E-state index in [0.29, 0.717) is 0 Å². The highest BCUT2D eigenvalue weighted by Crippen LogP contribution is 2.25. The SMILES string of the molecule is Cc1scc(N)c1CN1CCNCC1. The van der Waals surface area contributed by atoms with Gasteiger partial charge < -0.3 is 11.1 Å². The summed E-state index contributed by atoms with van der Waals surface area (Å²) < 4.78 is 0. The zero-order chi connectivity index (χ0) is 9.97. The van der Waals surface area contributed by atoms with Crippen molar-refractivity contribution in [3.8, 4) is 0 Å². The zero-order valence-electron chi connectivity index (χ0n) is 8.55. The number of aryl methyl sites for hydroxylation is 1. The van der Waals surface area contributed by atoms with Crippen molar-refractivity contribution in [3.05, 3.63) is 15.8 Å². The molecule has 1 saturated heterocycles. The van der Waals surface area contributed by atoms with Gasteiger partial charge in [0, 0.05) is 54.2 Å². The number of nitrogens with one attached hydrogen (secondary N) is 1. The third kappa shape index (κ3) is 2.08. The average molecular weight is 211 g/mol. The van der Waals surface area contributed by atoms with Gasteiger partial charge in [-0.15, -0.1) is 11.3 Å².